The van der Waals surface area contributed by atoms with Gasteiger partial charge in [0.05, 0.1) is 16.3 Å². The smallest absolute Gasteiger partial charge is 0.303 e. The van der Waals surface area contributed by atoms with E-state index in [1.54, 1.807) is 22.6 Å². The summed E-state index contributed by atoms with van der Waals surface area (Å²) in [5, 5.41) is 13.1. The maximum absolute atomic E-state index is 14.4. The fourth-order valence-electron chi connectivity index (χ4n) is 6.37. The molecule has 3 heterocycles. The van der Waals surface area contributed by atoms with Crippen LogP contribution in [-0.4, -0.2) is 147 Å². The van der Waals surface area contributed by atoms with E-state index >= 15 is 0 Å². The zero-order chi connectivity index (χ0) is 47.1. The van der Waals surface area contributed by atoms with E-state index in [9.17, 15) is 50.4 Å². The van der Waals surface area contributed by atoms with E-state index in [0.29, 0.717) is 0 Å². The predicted molar refractivity (Wildman–Crippen MR) is 211 cm³/mol. The number of hydrogen-bond acceptors (Lipinski definition) is 23. The fourth-order valence-corrected chi connectivity index (χ4v) is 9.48. The predicted octanol–water partition coefficient (Wildman–Crippen LogP) is -0.946. The van der Waals surface area contributed by atoms with Crippen LogP contribution in [0, 0.1) is 3.70 Å². The molecule has 0 radical (unpaired) electrons. The van der Waals surface area contributed by atoms with Crippen molar-refractivity contribution >= 4 is 84.2 Å². The highest BCUT2D eigenvalue weighted by Crippen LogP contribution is 2.37. The lowest BCUT2D eigenvalue weighted by atomic mass is 9.96. The lowest BCUT2D eigenvalue weighted by molar-refractivity contribution is -0.341. The molecule has 2 N–H and O–H groups in total. The van der Waals surface area contributed by atoms with E-state index in [-0.39, 0.29) is 20.0 Å². The summed E-state index contributed by atoms with van der Waals surface area (Å²) in [5.74, 6) is -7.81. The molecule has 28 heteroatoms. The van der Waals surface area contributed by atoms with Gasteiger partial charge in [-0.3, -0.25) is 33.6 Å². The third-order valence-corrected chi connectivity index (χ3v) is 12.4. The van der Waals surface area contributed by atoms with E-state index in [4.69, 9.17) is 52.5 Å². The van der Waals surface area contributed by atoms with Crippen LogP contribution < -0.4 is 5.14 Å². The van der Waals surface area contributed by atoms with E-state index in [1.807, 2.05) is 0 Å². The number of sulfonamides is 1. The molecule has 25 nitrogen and oxygen atoms in total. The molecule has 2 fully saturated rings. The van der Waals surface area contributed by atoms with Crippen LogP contribution in [0.3, 0.4) is 0 Å². The second kappa shape index (κ2) is 21.2. The number of carbonyl (C=O) groups is 7. The van der Waals surface area contributed by atoms with Crippen LogP contribution in [0.2, 0.25) is 0 Å². The molecule has 0 spiro atoms. The van der Waals surface area contributed by atoms with Gasteiger partial charge in [-0.25, -0.2) is 26.7 Å². The first-order chi connectivity index (χ1) is 29.3. The van der Waals surface area contributed by atoms with Gasteiger partial charge in [0.15, 0.2) is 52.1 Å². The quantitative estimate of drug-likeness (QED) is 0.120. The van der Waals surface area contributed by atoms with Crippen LogP contribution in [0.25, 0.3) is 5.69 Å². The Kier molecular flexibility index (Phi) is 17.1. The summed E-state index contributed by atoms with van der Waals surface area (Å²) in [7, 11) is -8.84. The van der Waals surface area contributed by atoms with Gasteiger partial charge in [-0.15, -0.1) is 5.10 Å². The van der Waals surface area contributed by atoms with Crippen molar-refractivity contribution < 1.29 is 97.8 Å². The number of halogens is 1. The minimum absolute atomic E-state index is 0.122. The van der Waals surface area contributed by atoms with E-state index < -0.39 is 141 Å². The van der Waals surface area contributed by atoms with Gasteiger partial charge in [-0.1, -0.05) is 5.21 Å². The number of esters is 7. The van der Waals surface area contributed by atoms with Crippen molar-refractivity contribution in [3.05, 3.63) is 33.7 Å². The summed E-state index contributed by atoms with van der Waals surface area (Å²) in [6, 6.07) is 5.06. The highest BCUT2D eigenvalue weighted by atomic mass is 127. The van der Waals surface area contributed by atoms with Gasteiger partial charge in [-0.05, 0) is 46.9 Å². The van der Waals surface area contributed by atoms with Crippen LogP contribution in [0.1, 0.15) is 54.2 Å². The topological polar surface area (TPSA) is 337 Å². The average molecular weight is 1050 g/mol. The van der Waals surface area contributed by atoms with Crippen LogP contribution >= 0.6 is 22.6 Å². The van der Waals surface area contributed by atoms with Crippen molar-refractivity contribution in [3.63, 3.8) is 0 Å². The Labute approximate surface area is 372 Å². The maximum atomic E-state index is 14.4. The Morgan fingerprint density at radius 1 is 0.635 bits per heavy atom. The van der Waals surface area contributed by atoms with E-state index in [1.165, 1.54) is 28.9 Å². The molecule has 2 unspecified atom stereocenters. The normalized spacial score (nSPS) is 26.0. The van der Waals surface area contributed by atoms with Crippen molar-refractivity contribution in [2.75, 3.05) is 13.2 Å². The van der Waals surface area contributed by atoms with Crippen LogP contribution in [0.4, 0.5) is 0 Å². The van der Waals surface area contributed by atoms with Crippen molar-refractivity contribution in [1.82, 2.24) is 15.0 Å². The molecule has 10 atom stereocenters. The number of benzene rings is 1. The second-order valence-corrected chi connectivity index (χ2v) is 18.4. The van der Waals surface area contributed by atoms with Crippen LogP contribution in [0.5, 0.6) is 0 Å². The number of ether oxygens (including phenoxy) is 10. The van der Waals surface area contributed by atoms with Crippen LogP contribution in [-0.2, 0) is 107 Å². The van der Waals surface area contributed by atoms with Gasteiger partial charge in [0.25, 0.3) is 0 Å². The molecule has 0 aliphatic carbocycles. The maximum Gasteiger partial charge on any atom is 0.303 e. The first kappa shape index (κ1) is 50.8. The molecule has 2 aromatic rings. The first-order valence-electron chi connectivity index (χ1n) is 18.3. The summed E-state index contributed by atoms with van der Waals surface area (Å²) in [6.07, 6.45) is -16.5. The Morgan fingerprint density at radius 3 is 1.56 bits per heavy atom. The van der Waals surface area contributed by atoms with Crippen molar-refractivity contribution in [2.45, 2.75) is 120 Å². The lowest BCUT2D eigenvalue weighted by Crippen LogP contribution is -2.67. The standard InChI is InChI=1S/C35H43IN4O21S2/c1-15(41)52-12-25-27(54-17(3)43)29(55-18(4)44)31(57-20(6)46)34(59-25)61-28-26(13-53-16(2)42)60-35(32(58-21(7)47)30(28)56-19(5)45)62(48,49)14-24-33(36)40(39-38-24)22-8-10-23(11-9-22)63(37,50)51/h8-11,25-32,34-35H,12-14H2,1-7H3,(H2,37,50,51)/t25-,26-,27+,28+,29+,30+,31-,32-,34?,35?/m0/s1. The summed E-state index contributed by atoms with van der Waals surface area (Å²) in [6.45, 7) is 5.31. The highest BCUT2D eigenvalue weighted by Gasteiger charge is 2.59. The van der Waals surface area contributed by atoms with Gasteiger partial charge in [0.1, 0.15) is 40.9 Å². The summed E-state index contributed by atoms with van der Waals surface area (Å²) < 4.78 is 110. The number of sulfone groups is 1. The zero-order valence-electron chi connectivity index (χ0n) is 34.4. The van der Waals surface area contributed by atoms with Crippen molar-refractivity contribution in [3.8, 4) is 5.69 Å². The van der Waals surface area contributed by atoms with Crippen molar-refractivity contribution in [2.24, 2.45) is 5.14 Å². The number of rotatable bonds is 16. The van der Waals surface area contributed by atoms with Gasteiger partial charge in [-0.2, -0.15) is 0 Å². The summed E-state index contributed by atoms with van der Waals surface area (Å²) in [4.78, 5) is 86.5. The highest BCUT2D eigenvalue weighted by molar-refractivity contribution is 14.1. The molecule has 4 rings (SSSR count). The molecule has 2 aliphatic heterocycles. The molecule has 0 saturated carbocycles. The molecule has 2 aliphatic rings. The van der Waals surface area contributed by atoms with Gasteiger partial charge >= 0.3 is 41.8 Å². The van der Waals surface area contributed by atoms with E-state index in [0.717, 1.165) is 48.5 Å². The number of aromatic nitrogens is 3. The zero-order valence-corrected chi connectivity index (χ0v) is 38.2. The molecule has 348 valence electrons. The Morgan fingerprint density at radius 2 is 1.08 bits per heavy atom. The first-order valence-corrected chi connectivity index (χ1v) is 22.7. The molecule has 0 bridgehead atoms. The number of nitrogens with two attached hydrogens (primary N) is 1. The van der Waals surface area contributed by atoms with E-state index in [2.05, 4.69) is 10.3 Å². The molecule has 1 aromatic carbocycles. The largest absolute Gasteiger partial charge is 0.463 e. The second-order valence-electron chi connectivity index (χ2n) is 13.7. The summed E-state index contributed by atoms with van der Waals surface area (Å²) in [5.41, 5.74) is -2.16. The molecular weight excluding hydrogens is 1000 g/mol. The average Bonchev–Trinajstić information content (AvgIpc) is 3.50. The number of hydrogen-bond donors (Lipinski definition) is 1. The number of nitrogens with zero attached hydrogens (tertiary/aromatic N) is 3. The third-order valence-electron chi connectivity index (χ3n) is 8.67. The molecule has 1 aromatic heterocycles. The van der Waals surface area contributed by atoms with Gasteiger partial charge in [0, 0.05) is 48.5 Å². The van der Waals surface area contributed by atoms with Crippen molar-refractivity contribution in [1.29, 1.82) is 0 Å². The third kappa shape index (κ3) is 13.6. The van der Waals surface area contributed by atoms with Crippen LogP contribution in [0.15, 0.2) is 29.2 Å². The Bertz CT molecular complexity index is 2290. The Hall–Kier alpha value is -4.88. The molecule has 0 amide bonds. The molecule has 63 heavy (non-hydrogen) atoms. The minimum Gasteiger partial charge on any atom is -0.463 e. The molecular formula is C35H43IN4O21S2. The monoisotopic (exact) mass is 1050 g/mol. The lowest BCUT2D eigenvalue weighted by Gasteiger charge is -2.48. The summed E-state index contributed by atoms with van der Waals surface area (Å²) >= 11 is 1.74. The number of primary sulfonamides is 1. The van der Waals surface area contributed by atoms with Gasteiger partial charge < -0.3 is 47.4 Å². The Balaban J connectivity index is 1.83. The van der Waals surface area contributed by atoms with Gasteiger partial charge in [0.2, 0.25) is 10.0 Å². The SMILES string of the molecule is CC(=O)OC[C@@H]1OC(O[C@H]2[C@@H](OC(C)=O)[C@H](OC(C)=O)C(S(=O)(=O)Cc3nnn(-c4ccc(S(N)(=O)=O)cc4)c3I)O[C@H]2COC(C)=O)[C@@H](OC(C)=O)[C@H](OC(C)=O)[C@@H]1OC(C)=O. The fraction of sp³-hybridized carbons (Fsp3) is 0.571. The minimum atomic E-state index is -4.80. The molecule has 2 saturated heterocycles. The number of carbonyl (C=O) groups excluding carboxylic acids is 7.